The molecule has 0 fully saturated rings. The van der Waals surface area contributed by atoms with Gasteiger partial charge >= 0.3 is 0 Å². The molecule has 0 radical (unpaired) electrons. The predicted octanol–water partition coefficient (Wildman–Crippen LogP) is 3.30. The summed E-state index contributed by atoms with van der Waals surface area (Å²) in [5.41, 5.74) is 1.09. The molecule has 0 spiro atoms. The van der Waals surface area contributed by atoms with E-state index in [0.717, 1.165) is 41.1 Å². The van der Waals surface area contributed by atoms with Gasteiger partial charge in [0.25, 0.3) is 0 Å². The van der Waals surface area contributed by atoms with Crippen molar-refractivity contribution in [1.29, 1.82) is 0 Å². The maximum atomic E-state index is 4.35. The monoisotopic (exact) mass is 284 g/mol. The van der Waals surface area contributed by atoms with Crippen molar-refractivity contribution in [3.05, 3.63) is 47.4 Å². The van der Waals surface area contributed by atoms with E-state index in [1.54, 1.807) is 17.7 Å². The van der Waals surface area contributed by atoms with Crippen LogP contribution >= 0.6 is 11.3 Å². The molecule has 0 aliphatic rings. The molecule has 0 saturated heterocycles. The Morgan fingerprint density at radius 2 is 2.15 bits per heavy atom. The van der Waals surface area contributed by atoms with E-state index in [0.29, 0.717) is 0 Å². The predicted molar refractivity (Wildman–Crippen MR) is 83.2 cm³/mol. The molecule has 3 heterocycles. The van der Waals surface area contributed by atoms with Gasteiger partial charge in [0.2, 0.25) is 0 Å². The molecule has 0 atom stereocenters. The fraction of sp³-hybridized carbons (Fsp3) is 0.267. The van der Waals surface area contributed by atoms with Gasteiger partial charge in [0.1, 0.15) is 17.0 Å². The number of anilines is 1. The molecular weight excluding hydrogens is 268 g/mol. The number of pyridine rings is 1. The number of nitrogens with zero attached hydrogens (tertiary/aromatic N) is 3. The van der Waals surface area contributed by atoms with Crippen LogP contribution in [0, 0.1) is 0 Å². The molecule has 0 unspecified atom stereocenters. The normalized spacial score (nSPS) is 10.8. The van der Waals surface area contributed by atoms with E-state index in [2.05, 4.69) is 33.3 Å². The van der Waals surface area contributed by atoms with Gasteiger partial charge in [-0.25, -0.2) is 9.97 Å². The fourth-order valence-electron chi connectivity index (χ4n) is 2.08. The Balaban J connectivity index is 1.72. The molecule has 0 bridgehead atoms. The number of hydrogen-bond acceptors (Lipinski definition) is 5. The van der Waals surface area contributed by atoms with Crippen molar-refractivity contribution in [2.45, 2.75) is 19.8 Å². The van der Waals surface area contributed by atoms with Crippen LogP contribution in [0.15, 0.2) is 36.8 Å². The lowest BCUT2D eigenvalue weighted by molar-refractivity contribution is 0.954. The molecule has 0 amide bonds. The minimum Gasteiger partial charge on any atom is -0.369 e. The molecule has 3 aromatic heterocycles. The first-order valence-electron chi connectivity index (χ1n) is 6.74. The number of aromatic nitrogens is 3. The first kappa shape index (κ1) is 13.0. The van der Waals surface area contributed by atoms with Crippen molar-refractivity contribution >= 4 is 27.4 Å². The van der Waals surface area contributed by atoms with E-state index in [1.165, 1.54) is 4.88 Å². The number of thiophene rings is 1. The summed E-state index contributed by atoms with van der Waals surface area (Å²) >= 11 is 1.74. The Morgan fingerprint density at radius 1 is 1.20 bits per heavy atom. The quantitative estimate of drug-likeness (QED) is 0.781. The Hall–Kier alpha value is -2.01. The molecule has 5 heteroatoms. The summed E-state index contributed by atoms with van der Waals surface area (Å²) < 4.78 is 0. The number of hydrogen-bond donors (Lipinski definition) is 1. The lowest BCUT2D eigenvalue weighted by atomic mass is 10.2. The number of aryl methyl sites for hydroxylation is 1. The lowest BCUT2D eigenvalue weighted by Crippen LogP contribution is -2.07. The molecule has 20 heavy (non-hydrogen) atoms. The van der Waals surface area contributed by atoms with Crippen LogP contribution in [0.1, 0.15) is 17.5 Å². The topological polar surface area (TPSA) is 50.7 Å². The molecule has 1 N–H and O–H groups in total. The van der Waals surface area contributed by atoms with Crippen LogP contribution < -0.4 is 5.32 Å². The first-order valence-corrected chi connectivity index (χ1v) is 7.55. The zero-order valence-corrected chi connectivity index (χ0v) is 12.2. The second-order valence-corrected chi connectivity index (χ2v) is 5.62. The van der Waals surface area contributed by atoms with E-state index >= 15 is 0 Å². The summed E-state index contributed by atoms with van der Waals surface area (Å²) in [6.45, 7) is 2.98. The second-order valence-electron chi connectivity index (χ2n) is 4.51. The number of nitrogens with one attached hydrogen (secondary N) is 1. The van der Waals surface area contributed by atoms with E-state index in [9.17, 15) is 0 Å². The Bertz CT molecular complexity index is 693. The number of fused-ring (bicyclic) bond motifs is 1. The molecule has 4 nitrogen and oxygen atoms in total. The lowest BCUT2D eigenvalue weighted by Gasteiger charge is -2.05. The van der Waals surface area contributed by atoms with Gasteiger partial charge in [-0.1, -0.05) is 13.0 Å². The van der Waals surface area contributed by atoms with Crippen molar-refractivity contribution in [2.75, 3.05) is 11.9 Å². The summed E-state index contributed by atoms with van der Waals surface area (Å²) in [4.78, 5) is 15.4. The molecule has 3 aromatic rings. The molecule has 0 saturated carbocycles. The second kappa shape index (κ2) is 5.96. The third-order valence-electron chi connectivity index (χ3n) is 3.13. The van der Waals surface area contributed by atoms with Crippen LogP contribution in [-0.2, 0) is 12.8 Å². The van der Waals surface area contributed by atoms with Crippen LogP contribution in [0.25, 0.3) is 10.2 Å². The average Bonchev–Trinajstić information content (AvgIpc) is 2.92. The van der Waals surface area contributed by atoms with Crippen molar-refractivity contribution in [3.63, 3.8) is 0 Å². The van der Waals surface area contributed by atoms with E-state index < -0.39 is 0 Å². The van der Waals surface area contributed by atoms with Gasteiger partial charge in [-0.3, -0.25) is 4.98 Å². The smallest absolute Gasteiger partial charge is 0.138 e. The molecular formula is C15H16N4S. The molecule has 102 valence electrons. The van der Waals surface area contributed by atoms with Crippen molar-refractivity contribution < 1.29 is 0 Å². The summed E-state index contributed by atoms with van der Waals surface area (Å²) in [5.74, 6) is 0.918. The minimum absolute atomic E-state index is 0.820. The molecule has 3 rings (SSSR count). The Morgan fingerprint density at radius 3 is 2.95 bits per heavy atom. The highest BCUT2D eigenvalue weighted by atomic mass is 32.1. The van der Waals surface area contributed by atoms with Gasteiger partial charge in [-0.15, -0.1) is 11.3 Å². The zero-order chi connectivity index (χ0) is 13.8. The molecule has 0 aromatic carbocycles. The largest absolute Gasteiger partial charge is 0.369 e. The average molecular weight is 284 g/mol. The van der Waals surface area contributed by atoms with E-state index in [1.807, 2.05) is 24.4 Å². The van der Waals surface area contributed by atoms with Gasteiger partial charge in [-0.2, -0.15) is 0 Å². The summed E-state index contributed by atoms with van der Waals surface area (Å²) in [6, 6.07) is 8.17. The van der Waals surface area contributed by atoms with Gasteiger partial charge in [0, 0.05) is 29.7 Å². The Labute approximate surface area is 121 Å². The van der Waals surface area contributed by atoms with Crippen molar-refractivity contribution in [3.8, 4) is 0 Å². The summed E-state index contributed by atoms with van der Waals surface area (Å²) in [7, 11) is 0. The van der Waals surface area contributed by atoms with Crippen LogP contribution in [0.5, 0.6) is 0 Å². The van der Waals surface area contributed by atoms with Crippen LogP contribution in [0.4, 0.5) is 5.82 Å². The molecule has 0 aliphatic heterocycles. The number of rotatable bonds is 5. The highest BCUT2D eigenvalue weighted by Gasteiger charge is 2.07. The van der Waals surface area contributed by atoms with Crippen LogP contribution in [0.2, 0.25) is 0 Å². The SMILES string of the molecule is CCc1cc2c(NCCc3ccccn3)ncnc2s1. The van der Waals surface area contributed by atoms with Gasteiger partial charge in [0.15, 0.2) is 0 Å². The van der Waals surface area contributed by atoms with Gasteiger partial charge in [0.05, 0.1) is 5.39 Å². The van der Waals surface area contributed by atoms with Crippen LogP contribution in [0.3, 0.4) is 0 Å². The first-order chi connectivity index (χ1) is 9.86. The standard InChI is InChI=1S/C15H16N4S/c1-2-12-9-13-14(18-10-19-15(13)20-12)17-8-6-11-5-3-4-7-16-11/h3-5,7,9-10H,2,6,8H2,1H3,(H,17,18,19). The summed E-state index contributed by atoms with van der Waals surface area (Å²) in [6.07, 6.45) is 5.37. The Kier molecular flexibility index (Phi) is 3.87. The molecule has 0 aliphatic carbocycles. The highest BCUT2D eigenvalue weighted by Crippen LogP contribution is 2.28. The van der Waals surface area contributed by atoms with E-state index in [-0.39, 0.29) is 0 Å². The van der Waals surface area contributed by atoms with Gasteiger partial charge in [-0.05, 0) is 24.6 Å². The third kappa shape index (κ3) is 2.77. The highest BCUT2D eigenvalue weighted by molar-refractivity contribution is 7.18. The fourth-order valence-corrected chi connectivity index (χ4v) is 3.01. The zero-order valence-electron chi connectivity index (χ0n) is 11.3. The van der Waals surface area contributed by atoms with E-state index in [4.69, 9.17) is 0 Å². The van der Waals surface area contributed by atoms with Crippen molar-refractivity contribution in [1.82, 2.24) is 15.0 Å². The van der Waals surface area contributed by atoms with Crippen LogP contribution in [-0.4, -0.2) is 21.5 Å². The van der Waals surface area contributed by atoms with Crippen molar-refractivity contribution in [2.24, 2.45) is 0 Å². The van der Waals surface area contributed by atoms with Gasteiger partial charge < -0.3 is 5.32 Å². The summed E-state index contributed by atoms with van der Waals surface area (Å²) in [5, 5.41) is 4.51. The third-order valence-corrected chi connectivity index (χ3v) is 4.32. The maximum absolute atomic E-state index is 4.35. The minimum atomic E-state index is 0.820. The maximum Gasteiger partial charge on any atom is 0.138 e.